The van der Waals surface area contributed by atoms with Crippen molar-refractivity contribution in [2.45, 2.75) is 6.54 Å². The molecule has 1 heterocycles. The molecule has 0 radical (unpaired) electrons. The summed E-state index contributed by atoms with van der Waals surface area (Å²) in [4.78, 5) is 16.0. The number of benzene rings is 1. The summed E-state index contributed by atoms with van der Waals surface area (Å²) in [5.41, 5.74) is 1.21. The maximum Gasteiger partial charge on any atom is 0.251 e. The number of hydrogen-bond donors (Lipinski definition) is 1. The van der Waals surface area contributed by atoms with Crippen molar-refractivity contribution >= 4 is 27.5 Å². The van der Waals surface area contributed by atoms with Gasteiger partial charge in [-0.05, 0) is 29.8 Å². The highest BCUT2D eigenvalue weighted by Gasteiger charge is 2.17. The third-order valence-electron chi connectivity index (χ3n) is 3.28. The van der Waals surface area contributed by atoms with Crippen molar-refractivity contribution in [2.24, 2.45) is 0 Å². The summed E-state index contributed by atoms with van der Waals surface area (Å²) in [5, 5.41) is 3.16. The van der Waals surface area contributed by atoms with Gasteiger partial charge in [-0.1, -0.05) is 23.7 Å². The number of amides is 1. The lowest BCUT2D eigenvalue weighted by Crippen LogP contribution is -2.37. The van der Waals surface area contributed by atoms with Crippen LogP contribution in [0.4, 0.5) is 0 Å². The van der Waals surface area contributed by atoms with Crippen molar-refractivity contribution in [3.63, 3.8) is 0 Å². The molecular weight excluding hydrogens is 350 g/mol. The van der Waals surface area contributed by atoms with Gasteiger partial charge in [0.25, 0.3) is 5.91 Å². The lowest BCUT2D eigenvalue weighted by molar-refractivity contribution is 0.0951. The monoisotopic (exact) mass is 367 g/mol. The second-order valence-electron chi connectivity index (χ2n) is 5.22. The molecule has 0 saturated heterocycles. The van der Waals surface area contributed by atoms with E-state index in [0.29, 0.717) is 10.6 Å². The minimum Gasteiger partial charge on any atom is -0.351 e. The lowest BCUT2D eigenvalue weighted by atomic mass is 10.2. The molecule has 8 heteroatoms. The van der Waals surface area contributed by atoms with Crippen molar-refractivity contribution in [2.75, 3.05) is 19.3 Å². The van der Waals surface area contributed by atoms with Gasteiger partial charge in [-0.3, -0.25) is 9.78 Å². The standard InChI is InChI=1S/C16H18ClN3O3S/c1-24(22,23)20(12-13-4-3-7-18-11-13)9-8-19-16(21)14-5-2-6-15(17)10-14/h2-7,10-11H,8-9,12H2,1H3,(H,19,21). The zero-order valence-corrected chi connectivity index (χ0v) is 14.7. The van der Waals surface area contributed by atoms with Crippen LogP contribution in [0.1, 0.15) is 15.9 Å². The summed E-state index contributed by atoms with van der Waals surface area (Å²) in [7, 11) is -3.40. The molecule has 0 spiro atoms. The Bertz CT molecular complexity index is 797. The molecule has 0 saturated carbocycles. The molecule has 1 N–H and O–H groups in total. The quantitative estimate of drug-likeness (QED) is 0.810. The fraction of sp³-hybridized carbons (Fsp3) is 0.250. The molecule has 0 unspecified atom stereocenters. The predicted octanol–water partition coefficient (Wildman–Crippen LogP) is 1.93. The van der Waals surface area contributed by atoms with E-state index in [1.54, 1.807) is 48.8 Å². The van der Waals surface area contributed by atoms with Crippen molar-refractivity contribution in [1.82, 2.24) is 14.6 Å². The van der Waals surface area contributed by atoms with Gasteiger partial charge in [0.2, 0.25) is 10.0 Å². The molecule has 0 aliphatic heterocycles. The van der Waals surface area contributed by atoms with Crippen LogP contribution in [-0.4, -0.2) is 43.0 Å². The molecule has 1 aromatic heterocycles. The van der Waals surface area contributed by atoms with Gasteiger partial charge < -0.3 is 5.32 Å². The summed E-state index contributed by atoms with van der Waals surface area (Å²) in [6, 6.07) is 10.1. The number of rotatable bonds is 7. The van der Waals surface area contributed by atoms with Crippen molar-refractivity contribution in [3.8, 4) is 0 Å². The van der Waals surface area contributed by atoms with E-state index in [2.05, 4.69) is 10.3 Å². The van der Waals surface area contributed by atoms with E-state index < -0.39 is 10.0 Å². The third-order valence-corrected chi connectivity index (χ3v) is 4.77. The summed E-state index contributed by atoms with van der Waals surface area (Å²) in [5.74, 6) is -0.299. The van der Waals surface area contributed by atoms with Crippen LogP contribution in [-0.2, 0) is 16.6 Å². The van der Waals surface area contributed by atoms with E-state index in [4.69, 9.17) is 11.6 Å². The van der Waals surface area contributed by atoms with E-state index in [9.17, 15) is 13.2 Å². The Morgan fingerprint density at radius 1 is 1.29 bits per heavy atom. The third kappa shape index (κ3) is 5.59. The SMILES string of the molecule is CS(=O)(=O)N(CCNC(=O)c1cccc(Cl)c1)Cc1cccnc1. The molecule has 1 aromatic carbocycles. The summed E-state index contributed by atoms with van der Waals surface area (Å²) in [6.07, 6.45) is 4.38. The van der Waals surface area contributed by atoms with Gasteiger partial charge in [0, 0.05) is 42.6 Å². The van der Waals surface area contributed by atoms with Gasteiger partial charge >= 0.3 is 0 Å². The number of carbonyl (C=O) groups excluding carboxylic acids is 1. The number of hydrogen-bond acceptors (Lipinski definition) is 4. The van der Waals surface area contributed by atoms with Crippen LogP contribution in [0.3, 0.4) is 0 Å². The van der Waals surface area contributed by atoms with E-state index >= 15 is 0 Å². The largest absolute Gasteiger partial charge is 0.351 e. The Kier molecular flexibility index (Phi) is 6.30. The Balaban J connectivity index is 1.95. The number of halogens is 1. The van der Waals surface area contributed by atoms with Crippen LogP contribution in [0, 0.1) is 0 Å². The average Bonchev–Trinajstić information content (AvgIpc) is 2.54. The first-order chi connectivity index (χ1) is 11.4. The zero-order valence-electron chi connectivity index (χ0n) is 13.1. The van der Waals surface area contributed by atoms with Crippen LogP contribution in [0.25, 0.3) is 0 Å². The number of carbonyl (C=O) groups is 1. The molecule has 24 heavy (non-hydrogen) atoms. The number of nitrogens with one attached hydrogen (secondary N) is 1. The van der Waals surface area contributed by atoms with Crippen molar-refractivity contribution in [3.05, 3.63) is 64.9 Å². The van der Waals surface area contributed by atoms with E-state index in [1.807, 2.05) is 0 Å². The van der Waals surface area contributed by atoms with Crippen LogP contribution >= 0.6 is 11.6 Å². The molecule has 0 fully saturated rings. The van der Waals surface area contributed by atoms with Crippen molar-refractivity contribution < 1.29 is 13.2 Å². The van der Waals surface area contributed by atoms with Gasteiger partial charge in [0.1, 0.15) is 0 Å². The van der Waals surface area contributed by atoms with E-state index in [-0.39, 0.29) is 25.5 Å². The molecule has 128 valence electrons. The second-order valence-corrected chi connectivity index (χ2v) is 7.64. The maximum absolute atomic E-state index is 12.0. The van der Waals surface area contributed by atoms with Gasteiger partial charge in [0.15, 0.2) is 0 Å². The normalized spacial score (nSPS) is 11.5. The lowest BCUT2D eigenvalue weighted by Gasteiger charge is -2.20. The number of sulfonamides is 1. The topological polar surface area (TPSA) is 79.4 Å². The molecule has 0 aliphatic carbocycles. The number of nitrogens with zero attached hydrogens (tertiary/aromatic N) is 2. The highest BCUT2D eigenvalue weighted by atomic mass is 35.5. The van der Waals surface area contributed by atoms with E-state index in [1.165, 1.54) is 4.31 Å². The fourth-order valence-electron chi connectivity index (χ4n) is 2.08. The molecule has 0 aliphatic rings. The van der Waals surface area contributed by atoms with Gasteiger partial charge in [-0.25, -0.2) is 8.42 Å². The fourth-order valence-corrected chi connectivity index (χ4v) is 3.08. The van der Waals surface area contributed by atoms with Crippen LogP contribution in [0.5, 0.6) is 0 Å². The average molecular weight is 368 g/mol. The van der Waals surface area contributed by atoms with Gasteiger partial charge in [0.05, 0.1) is 6.26 Å². The molecule has 0 atom stereocenters. The van der Waals surface area contributed by atoms with Gasteiger partial charge in [-0.2, -0.15) is 4.31 Å². The first kappa shape index (κ1) is 18.4. The molecule has 2 aromatic rings. The molecular formula is C16H18ClN3O3S. The molecule has 1 amide bonds. The Hall–Kier alpha value is -1.96. The summed E-state index contributed by atoms with van der Waals surface area (Å²) in [6.45, 7) is 0.568. The summed E-state index contributed by atoms with van der Waals surface area (Å²) >= 11 is 5.85. The predicted molar refractivity (Wildman–Crippen MR) is 93.3 cm³/mol. The molecule has 6 nitrogen and oxygen atoms in total. The Morgan fingerprint density at radius 3 is 2.71 bits per heavy atom. The molecule has 0 bridgehead atoms. The highest BCUT2D eigenvalue weighted by molar-refractivity contribution is 7.88. The maximum atomic E-state index is 12.0. The van der Waals surface area contributed by atoms with Crippen molar-refractivity contribution in [1.29, 1.82) is 0 Å². The first-order valence-corrected chi connectivity index (χ1v) is 9.46. The molecule has 2 rings (SSSR count). The minimum absolute atomic E-state index is 0.167. The number of aromatic nitrogens is 1. The Labute approximate surface area is 146 Å². The van der Waals surface area contributed by atoms with Crippen LogP contribution in [0.2, 0.25) is 5.02 Å². The second kappa shape index (κ2) is 8.23. The van der Waals surface area contributed by atoms with Gasteiger partial charge in [-0.15, -0.1) is 0 Å². The zero-order chi connectivity index (χ0) is 17.6. The summed E-state index contributed by atoms with van der Waals surface area (Å²) < 4.78 is 25.1. The van der Waals surface area contributed by atoms with Crippen LogP contribution < -0.4 is 5.32 Å². The minimum atomic E-state index is -3.40. The Morgan fingerprint density at radius 2 is 2.08 bits per heavy atom. The number of pyridine rings is 1. The van der Waals surface area contributed by atoms with E-state index in [0.717, 1.165) is 11.8 Å². The highest BCUT2D eigenvalue weighted by Crippen LogP contribution is 2.10. The van der Waals surface area contributed by atoms with Crippen LogP contribution in [0.15, 0.2) is 48.8 Å². The first-order valence-electron chi connectivity index (χ1n) is 7.24. The smallest absolute Gasteiger partial charge is 0.251 e.